The molecule has 1 aliphatic heterocycles. The summed E-state index contributed by atoms with van der Waals surface area (Å²) in [6.45, 7) is 1.98. The fraction of sp³-hybridized carbons (Fsp3) is 0.538. The molecule has 3 nitrogen and oxygen atoms in total. The molecule has 0 bridgehead atoms. The number of rotatable bonds is 2. The number of ketones is 1. The van der Waals surface area contributed by atoms with Crippen molar-refractivity contribution in [2.45, 2.75) is 19.3 Å². The van der Waals surface area contributed by atoms with Crippen LogP contribution in [0.3, 0.4) is 0 Å². The molecule has 1 saturated heterocycles. The van der Waals surface area contributed by atoms with Gasteiger partial charge in [-0.2, -0.15) is 0 Å². The number of halogens is 1. The highest BCUT2D eigenvalue weighted by Gasteiger charge is 2.57. The summed E-state index contributed by atoms with van der Waals surface area (Å²) in [5, 5.41) is 3.31. The van der Waals surface area contributed by atoms with Crippen LogP contribution >= 0.6 is 0 Å². The molecule has 2 aliphatic rings. The van der Waals surface area contributed by atoms with E-state index >= 15 is 0 Å². The molecule has 1 aromatic heterocycles. The van der Waals surface area contributed by atoms with E-state index in [1.165, 1.54) is 12.3 Å². The van der Waals surface area contributed by atoms with Crippen LogP contribution in [-0.4, -0.2) is 23.9 Å². The highest BCUT2D eigenvalue weighted by molar-refractivity contribution is 6.00. The molecule has 0 radical (unpaired) electrons. The van der Waals surface area contributed by atoms with Crippen molar-refractivity contribution in [1.82, 2.24) is 10.3 Å². The molecule has 1 atom stereocenters. The fourth-order valence-corrected chi connectivity index (χ4v) is 2.94. The molecular formula is C13H15FN2O. The van der Waals surface area contributed by atoms with E-state index in [-0.39, 0.29) is 17.1 Å². The zero-order valence-corrected chi connectivity index (χ0v) is 9.58. The van der Waals surface area contributed by atoms with Crippen LogP contribution in [0, 0.1) is 17.2 Å². The van der Waals surface area contributed by atoms with Crippen molar-refractivity contribution in [2.75, 3.05) is 13.1 Å². The molecule has 1 unspecified atom stereocenters. The highest BCUT2D eigenvalue weighted by Crippen LogP contribution is 2.59. The number of pyridine rings is 1. The van der Waals surface area contributed by atoms with Crippen LogP contribution in [0.5, 0.6) is 0 Å². The maximum Gasteiger partial charge on any atom is 0.168 e. The SMILES string of the molecule is O=C(c1cncc(F)c1)C1CC12CCNCC2. The Balaban J connectivity index is 1.76. The van der Waals surface area contributed by atoms with Gasteiger partial charge >= 0.3 is 0 Å². The number of hydrogen-bond acceptors (Lipinski definition) is 3. The van der Waals surface area contributed by atoms with Gasteiger partial charge in [-0.15, -0.1) is 0 Å². The van der Waals surface area contributed by atoms with Gasteiger partial charge in [-0.3, -0.25) is 9.78 Å². The van der Waals surface area contributed by atoms with Gasteiger partial charge < -0.3 is 5.32 Å². The fourth-order valence-electron chi connectivity index (χ4n) is 2.94. The molecule has 1 aliphatic carbocycles. The van der Waals surface area contributed by atoms with Crippen molar-refractivity contribution >= 4 is 5.78 Å². The van der Waals surface area contributed by atoms with Crippen molar-refractivity contribution in [3.05, 3.63) is 29.8 Å². The van der Waals surface area contributed by atoms with Gasteiger partial charge in [-0.05, 0) is 43.8 Å². The summed E-state index contributed by atoms with van der Waals surface area (Å²) in [7, 11) is 0. The van der Waals surface area contributed by atoms with Crippen molar-refractivity contribution in [1.29, 1.82) is 0 Å². The first-order valence-corrected chi connectivity index (χ1v) is 6.07. The van der Waals surface area contributed by atoms with Crippen LogP contribution in [0.25, 0.3) is 0 Å². The maximum absolute atomic E-state index is 13.0. The number of carbonyl (C=O) groups is 1. The van der Waals surface area contributed by atoms with E-state index in [2.05, 4.69) is 10.3 Å². The average Bonchev–Trinajstić information content (AvgIpc) is 3.03. The molecule has 3 rings (SSSR count). The Bertz CT molecular complexity index is 454. The molecule has 17 heavy (non-hydrogen) atoms. The molecule has 0 amide bonds. The predicted octanol–water partition coefficient (Wildman–Crippen LogP) is 1.79. The molecule has 1 aromatic rings. The minimum Gasteiger partial charge on any atom is -0.317 e. The van der Waals surface area contributed by atoms with Crippen LogP contribution in [-0.2, 0) is 0 Å². The van der Waals surface area contributed by atoms with E-state index in [9.17, 15) is 9.18 Å². The number of hydrogen-bond donors (Lipinski definition) is 1. The van der Waals surface area contributed by atoms with Gasteiger partial charge in [0.15, 0.2) is 5.78 Å². The van der Waals surface area contributed by atoms with E-state index in [0.29, 0.717) is 5.56 Å². The monoisotopic (exact) mass is 234 g/mol. The molecule has 0 aromatic carbocycles. The van der Waals surface area contributed by atoms with E-state index in [0.717, 1.165) is 38.5 Å². The third kappa shape index (κ3) is 1.86. The topological polar surface area (TPSA) is 42.0 Å². The molecule has 2 heterocycles. The second kappa shape index (κ2) is 3.88. The Labute approximate surface area is 99.4 Å². The second-order valence-corrected chi connectivity index (χ2v) is 5.13. The van der Waals surface area contributed by atoms with Gasteiger partial charge in [0.25, 0.3) is 0 Å². The zero-order valence-electron chi connectivity index (χ0n) is 9.58. The summed E-state index contributed by atoms with van der Waals surface area (Å²) in [5.74, 6) is -0.275. The Morgan fingerprint density at radius 2 is 2.18 bits per heavy atom. The first kappa shape index (κ1) is 10.8. The third-order valence-electron chi connectivity index (χ3n) is 4.09. The standard InChI is InChI=1S/C13H15FN2O/c14-10-5-9(7-16-8-10)12(17)11-6-13(11)1-3-15-4-2-13/h5,7-8,11,15H,1-4,6H2. The molecule has 2 fully saturated rings. The number of aromatic nitrogens is 1. The first-order chi connectivity index (χ1) is 8.21. The lowest BCUT2D eigenvalue weighted by atomic mass is 9.89. The summed E-state index contributed by atoms with van der Waals surface area (Å²) in [5.41, 5.74) is 0.625. The molecular weight excluding hydrogens is 219 g/mol. The number of nitrogens with zero attached hydrogens (tertiary/aromatic N) is 1. The smallest absolute Gasteiger partial charge is 0.168 e. The Morgan fingerprint density at radius 3 is 2.88 bits per heavy atom. The van der Waals surface area contributed by atoms with Crippen LogP contribution in [0.4, 0.5) is 4.39 Å². The lowest BCUT2D eigenvalue weighted by Crippen LogP contribution is -2.30. The van der Waals surface area contributed by atoms with Crippen molar-refractivity contribution in [3.8, 4) is 0 Å². The van der Waals surface area contributed by atoms with Gasteiger partial charge in [-0.25, -0.2) is 4.39 Å². The van der Waals surface area contributed by atoms with E-state index in [1.54, 1.807) is 0 Å². The summed E-state index contributed by atoms with van der Waals surface area (Å²) in [6, 6.07) is 1.29. The average molecular weight is 234 g/mol. The summed E-state index contributed by atoms with van der Waals surface area (Å²) < 4.78 is 13.0. The third-order valence-corrected chi connectivity index (χ3v) is 4.09. The Kier molecular flexibility index (Phi) is 2.47. The molecule has 4 heteroatoms. The number of nitrogens with one attached hydrogen (secondary N) is 1. The molecule has 1 N–H and O–H groups in total. The number of Topliss-reactive ketones (excluding diaryl/α,β-unsaturated/α-hetero) is 1. The lowest BCUT2D eigenvalue weighted by Gasteiger charge is -2.23. The van der Waals surface area contributed by atoms with Gasteiger partial charge in [-0.1, -0.05) is 0 Å². The largest absolute Gasteiger partial charge is 0.317 e. The number of piperidine rings is 1. The first-order valence-electron chi connectivity index (χ1n) is 6.07. The van der Waals surface area contributed by atoms with Gasteiger partial charge in [0.2, 0.25) is 0 Å². The summed E-state index contributed by atoms with van der Waals surface area (Å²) >= 11 is 0. The van der Waals surface area contributed by atoms with Gasteiger partial charge in [0.05, 0.1) is 6.20 Å². The van der Waals surface area contributed by atoms with E-state index in [4.69, 9.17) is 0 Å². The highest BCUT2D eigenvalue weighted by atomic mass is 19.1. The van der Waals surface area contributed by atoms with Crippen molar-refractivity contribution in [2.24, 2.45) is 11.3 Å². The predicted molar refractivity (Wildman–Crippen MR) is 61.2 cm³/mol. The Hall–Kier alpha value is -1.29. The van der Waals surface area contributed by atoms with Gasteiger partial charge in [0, 0.05) is 17.7 Å². The molecule has 90 valence electrons. The van der Waals surface area contributed by atoms with E-state index in [1.807, 2.05) is 0 Å². The van der Waals surface area contributed by atoms with Crippen LogP contribution in [0.2, 0.25) is 0 Å². The maximum atomic E-state index is 13.0. The molecule has 1 spiro atoms. The number of carbonyl (C=O) groups excluding carboxylic acids is 1. The van der Waals surface area contributed by atoms with E-state index < -0.39 is 5.82 Å². The summed E-state index contributed by atoms with van der Waals surface area (Å²) in [4.78, 5) is 15.9. The lowest BCUT2D eigenvalue weighted by molar-refractivity contribution is 0.0940. The quantitative estimate of drug-likeness (QED) is 0.793. The van der Waals surface area contributed by atoms with Crippen LogP contribution in [0.15, 0.2) is 18.5 Å². The van der Waals surface area contributed by atoms with Crippen molar-refractivity contribution in [3.63, 3.8) is 0 Å². The van der Waals surface area contributed by atoms with Gasteiger partial charge in [0.1, 0.15) is 5.82 Å². The van der Waals surface area contributed by atoms with Crippen LogP contribution in [0.1, 0.15) is 29.6 Å². The molecule has 1 saturated carbocycles. The minimum atomic E-state index is -0.434. The summed E-state index contributed by atoms with van der Waals surface area (Å²) in [6.07, 6.45) is 5.69. The van der Waals surface area contributed by atoms with Crippen LogP contribution < -0.4 is 5.32 Å². The zero-order chi connectivity index (χ0) is 11.9. The Morgan fingerprint density at radius 1 is 1.41 bits per heavy atom. The van der Waals surface area contributed by atoms with Crippen molar-refractivity contribution < 1.29 is 9.18 Å². The normalized spacial score (nSPS) is 25.8. The second-order valence-electron chi connectivity index (χ2n) is 5.13. The minimum absolute atomic E-state index is 0.0684.